The topological polar surface area (TPSA) is 96.0 Å². The number of benzene rings is 4. The van der Waals surface area contributed by atoms with Crippen LogP contribution < -0.4 is 14.4 Å². The first kappa shape index (κ1) is 33.6. The summed E-state index contributed by atoms with van der Waals surface area (Å²) in [5.41, 5.74) is 1.67. The molecule has 0 aromatic heterocycles. The van der Waals surface area contributed by atoms with Gasteiger partial charge in [0.1, 0.15) is 18.3 Å². The first-order valence-corrected chi connectivity index (χ1v) is 16.6. The van der Waals surface area contributed by atoms with Gasteiger partial charge in [-0.05, 0) is 62.2 Å². The van der Waals surface area contributed by atoms with Crippen molar-refractivity contribution in [3.8, 4) is 5.75 Å². The Morgan fingerprint density at radius 3 is 2.09 bits per heavy atom. The predicted molar refractivity (Wildman–Crippen MR) is 178 cm³/mol. The summed E-state index contributed by atoms with van der Waals surface area (Å²) >= 11 is 6.55. The maximum absolute atomic E-state index is 14.6. The molecule has 4 aromatic rings. The lowest BCUT2D eigenvalue weighted by atomic mass is 10.0. The molecule has 2 amide bonds. The van der Waals surface area contributed by atoms with Crippen LogP contribution in [-0.2, 0) is 32.6 Å². The molecule has 1 N–H and O–H groups in total. The lowest BCUT2D eigenvalue weighted by molar-refractivity contribution is -0.140. The highest BCUT2D eigenvalue weighted by Crippen LogP contribution is 2.33. The van der Waals surface area contributed by atoms with Crippen molar-refractivity contribution < 1.29 is 22.7 Å². The molecule has 45 heavy (non-hydrogen) atoms. The third-order valence-corrected chi connectivity index (χ3v) is 9.19. The number of sulfonamides is 1. The molecular formula is C35H38ClN3O5S. The summed E-state index contributed by atoms with van der Waals surface area (Å²) in [6.07, 6.45) is 0.205. The lowest BCUT2D eigenvalue weighted by Gasteiger charge is -2.34. The Balaban J connectivity index is 1.84. The van der Waals surface area contributed by atoms with Crippen LogP contribution in [0.3, 0.4) is 0 Å². The Hall–Kier alpha value is -4.34. The number of hydrogen-bond acceptors (Lipinski definition) is 5. The third-order valence-electron chi connectivity index (χ3n) is 7.04. The van der Waals surface area contributed by atoms with Crippen molar-refractivity contribution in [2.24, 2.45) is 0 Å². The summed E-state index contributed by atoms with van der Waals surface area (Å²) in [6, 6.07) is 29.9. The Morgan fingerprint density at radius 1 is 0.844 bits per heavy atom. The van der Waals surface area contributed by atoms with E-state index >= 15 is 0 Å². The summed E-state index contributed by atoms with van der Waals surface area (Å²) in [5.74, 6) is -0.634. The standard InChI is InChI=1S/C35H38ClN3O5S/c1-4-44-33-22-14-13-21-31(33)39(45(42,43)29-18-9-6-10-19-29)25-34(40)38(24-28-17-11-12-20-30(28)36)32(35(41)37-26(2)3)23-27-15-7-5-8-16-27/h5-22,26,32H,4,23-25H2,1-3H3,(H,37,41)/t32-/m0/s1. The van der Waals surface area contributed by atoms with Crippen LogP contribution in [0.4, 0.5) is 5.69 Å². The normalized spacial score (nSPS) is 11.9. The Labute approximate surface area is 270 Å². The molecule has 10 heteroatoms. The number of carbonyl (C=O) groups is 2. The number of carbonyl (C=O) groups excluding carboxylic acids is 2. The fraction of sp³-hybridized carbons (Fsp3) is 0.257. The summed E-state index contributed by atoms with van der Waals surface area (Å²) in [6.45, 7) is 5.16. The molecule has 0 heterocycles. The van der Waals surface area contributed by atoms with E-state index in [1.807, 2.05) is 44.2 Å². The van der Waals surface area contributed by atoms with Gasteiger partial charge in [0, 0.05) is 24.0 Å². The second kappa shape index (κ2) is 15.6. The number of nitrogens with one attached hydrogen (secondary N) is 1. The zero-order chi connectivity index (χ0) is 32.4. The number of rotatable bonds is 14. The second-order valence-corrected chi connectivity index (χ2v) is 13.0. The average Bonchev–Trinajstić information content (AvgIpc) is 3.03. The van der Waals surface area contributed by atoms with E-state index < -0.39 is 28.5 Å². The Morgan fingerprint density at radius 2 is 1.44 bits per heavy atom. The highest BCUT2D eigenvalue weighted by atomic mass is 35.5. The monoisotopic (exact) mass is 647 g/mol. The average molecular weight is 648 g/mol. The number of nitrogens with zero attached hydrogens (tertiary/aromatic N) is 2. The van der Waals surface area contributed by atoms with Gasteiger partial charge in [0.25, 0.3) is 10.0 Å². The van der Waals surface area contributed by atoms with Gasteiger partial charge in [-0.1, -0.05) is 90.5 Å². The maximum atomic E-state index is 14.6. The van der Waals surface area contributed by atoms with Gasteiger partial charge in [0.15, 0.2) is 0 Å². The zero-order valence-corrected chi connectivity index (χ0v) is 27.2. The summed E-state index contributed by atoms with van der Waals surface area (Å²) < 4.78 is 35.2. The molecule has 0 unspecified atom stereocenters. The van der Waals surface area contributed by atoms with Crippen LogP contribution in [0.1, 0.15) is 31.9 Å². The van der Waals surface area contributed by atoms with Crippen LogP contribution in [0.25, 0.3) is 0 Å². The summed E-state index contributed by atoms with van der Waals surface area (Å²) in [4.78, 5) is 29.8. The Kier molecular flexibility index (Phi) is 11.6. The van der Waals surface area contributed by atoms with Gasteiger partial charge in [-0.15, -0.1) is 0 Å². The van der Waals surface area contributed by atoms with Crippen molar-refractivity contribution in [3.05, 3.63) is 125 Å². The van der Waals surface area contributed by atoms with Crippen molar-refractivity contribution in [1.82, 2.24) is 10.2 Å². The van der Waals surface area contributed by atoms with Crippen molar-refractivity contribution in [2.45, 2.75) is 50.7 Å². The summed E-state index contributed by atoms with van der Waals surface area (Å²) in [5, 5.41) is 3.37. The van der Waals surface area contributed by atoms with E-state index in [-0.39, 0.29) is 42.1 Å². The number of ether oxygens (including phenoxy) is 1. The van der Waals surface area contributed by atoms with Crippen LogP contribution in [0, 0.1) is 0 Å². The fourth-order valence-electron chi connectivity index (χ4n) is 4.92. The molecule has 4 aromatic carbocycles. The van der Waals surface area contributed by atoms with Crippen LogP contribution in [0.5, 0.6) is 5.75 Å². The minimum absolute atomic E-state index is 0.0140. The molecule has 0 bridgehead atoms. The van der Waals surface area contributed by atoms with Gasteiger partial charge in [-0.3, -0.25) is 13.9 Å². The van der Waals surface area contributed by atoms with Crippen molar-refractivity contribution in [1.29, 1.82) is 0 Å². The van der Waals surface area contributed by atoms with Gasteiger partial charge < -0.3 is 15.0 Å². The number of hydrogen-bond donors (Lipinski definition) is 1. The van der Waals surface area contributed by atoms with Crippen LogP contribution >= 0.6 is 11.6 Å². The van der Waals surface area contributed by atoms with E-state index in [4.69, 9.17) is 16.3 Å². The molecule has 1 atom stereocenters. The van der Waals surface area contributed by atoms with Gasteiger partial charge in [-0.25, -0.2) is 8.42 Å². The van der Waals surface area contributed by atoms with E-state index in [1.54, 1.807) is 73.7 Å². The predicted octanol–water partition coefficient (Wildman–Crippen LogP) is 6.10. The smallest absolute Gasteiger partial charge is 0.264 e. The van der Waals surface area contributed by atoms with Gasteiger partial charge in [0.2, 0.25) is 11.8 Å². The first-order valence-electron chi connectivity index (χ1n) is 14.8. The second-order valence-electron chi connectivity index (χ2n) is 10.7. The van der Waals surface area contributed by atoms with E-state index in [1.165, 1.54) is 17.0 Å². The zero-order valence-electron chi connectivity index (χ0n) is 25.6. The van der Waals surface area contributed by atoms with Crippen LogP contribution in [0.2, 0.25) is 5.02 Å². The van der Waals surface area contributed by atoms with E-state index in [0.717, 1.165) is 9.87 Å². The van der Waals surface area contributed by atoms with Gasteiger partial charge >= 0.3 is 0 Å². The minimum Gasteiger partial charge on any atom is -0.492 e. The van der Waals surface area contributed by atoms with E-state index in [9.17, 15) is 18.0 Å². The molecule has 0 spiro atoms. The maximum Gasteiger partial charge on any atom is 0.264 e. The molecule has 0 saturated heterocycles. The quantitative estimate of drug-likeness (QED) is 0.179. The highest BCUT2D eigenvalue weighted by Gasteiger charge is 2.35. The number of para-hydroxylation sites is 2. The van der Waals surface area contributed by atoms with E-state index in [2.05, 4.69) is 5.32 Å². The number of amides is 2. The lowest BCUT2D eigenvalue weighted by Crippen LogP contribution is -2.54. The van der Waals surface area contributed by atoms with E-state index in [0.29, 0.717) is 16.3 Å². The Bertz CT molecular complexity index is 1680. The molecular weight excluding hydrogens is 610 g/mol. The molecule has 236 valence electrons. The first-order chi connectivity index (χ1) is 21.6. The van der Waals surface area contributed by atoms with Crippen molar-refractivity contribution >= 4 is 39.1 Å². The molecule has 0 fully saturated rings. The molecule has 0 aliphatic carbocycles. The van der Waals surface area contributed by atoms with Crippen LogP contribution in [0.15, 0.2) is 114 Å². The minimum atomic E-state index is -4.25. The van der Waals surface area contributed by atoms with Gasteiger partial charge in [0.05, 0.1) is 17.2 Å². The molecule has 0 saturated carbocycles. The van der Waals surface area contributed by atoms with Gasteiger partial charge in [-0.2, -0.15) is 0 Å². The SMILES string of the molecule is CCOc1ccccc1N(CC(=O)N(Cc1ccccc1Cl)[C@@H](Cc1ccccc1)C(=O)NC(C)C)S(=O)(=O)c1ccccc1. The van der Waals surface area contributed by atoms with Crippen molar-refractivity contribution in [3.63, 3.8) is 0 Å². The largest absolute Gasteiger partial charge is 0.492 e. The third kappa shape index (κ3) is 8.65. The molecule has 0 aliphatic heterocycles. The highest BCUT2D eigenvalue weighted by molar-refractivity contribution is 7.92. The molecule has 4 rings (SSSR count). The summed E-state index contributed by atoms with van der Waals surface area (Å²) in [7, 11) is -4.25. The van der Waals surface area contributed by atoms with Crippen molar-refractivity contribution in [2.75, 3.05) is 17.5 Å². The number of halogens is 1. The molecule has 0 aliphatic rings. The molecule has 8 nitrogen and oxygen atoms in total. The fourth-order valence-corrected chi connectivity index (χ4v) is 6.56. The molecule has 0 radical (unpaired) electrons. The number of anilines is 1. The van der Waals surface area contributed by atoms with Crippen LogP contribution in [-0.4, -0.2) is 50.4 Å².